The van der Waals surface area contributed by atoms with Gasteiger partial charge in [0.1, 0.15) is 31.1 Å². The SMILES string of the molecule is CC1(c2ccc3c(c2)OCCO3)NC(=O)N(CC(=O)Nc2ccc(Cl)cc2F)C1=O. The molecule has 1 atom stereocenters. The van der Waals surface area contributed by atoms with Gasteiger partial charge < -0.3 is 20.1 Å². The number of benzene rings is 2. The van der Waals surface area contributed by atoms with Crippen molar-refractivity contribution in [2.24, 2.45) is 0 Å². The van der Waals surface area contributed by atoms with Crippen molar-refractivity contribution in [2.75, 3.05) is 25.1 Å². The lowest BCUT2D eigenvalue weighted by atomic mass is 9.91. The van der Waals surface area contributed by atoms with E-state index in [1.54, 1.807) is 18.2 Å². The third-order valence-electron chi connectivity index (χ3n) is 4.90. The summed E-state index contributed by atoms with van der Waals surface area (Å²) in [6, 6.07) is 7.95. The van der Waals surface area contributed by atoms with E-state index < -0.39 is 35.7 Å². The summed E-state index contributed by atoms with van der Waals surface area (Å²) in [6.07, 6.45) is 0. The highest BCUT2D eigenvalue weighted by atomic mass is 35.5. The van der Waals surface area contributed by atoms with E-state index in [9.17, 15) is 18.8 Å². The van der Waals surface area contributed by atoms with E-state index in [2.05, 4.69) is 10.6 Å². The number of rotatable bonds is 4. The maximum atomic E-state index is 13.9. The van der Waals surface area contributed by atoms with Gasteiger partial charge in [-0.15, -0.1) is 0 Å². The van der Waals surface area contributed by atoms with Crippen molar-refractivity contribution in [2.45, 2.75) is 12.5 Å². The van der Waals surface area contributed by atoms with E-state index in [0.717, 1.165) is 11.0 Å². The van der Waals surface area contributed by atoms with Crippen LogP contribution in [0.1, 0.15) is 12.5 Å². The highest BCUT2D eigenvalue weighted by molar-refractivity contribution is 6.30. The van der Waals surface area contributed by atoms with Crippen molar-refractivity contribution < 1.29 is 28.2 Å². The van der Waals surface area contributed by atoms with Crippen LogP contribution in [0.15, 0.2) is 36.4 Å². The summed E-state index contributed by atoms with van der Waals surface area (Å²) in [5, 5.41) is 5.12. The van der Waals surface area contributed by atoms with Gasteiger partial charge in [0.25, 0.3) is 5.91 Å². The summed E-state index contributed by atoms with van der Waals surface area (Å²) in [6.45, 7) is 1.76. The van der Waals surface area contributed by atoms with Gasteiger partial charge in [0, 0.05) is 5.02 Å². The fourth-order valence-corrected chi connectivity index (χ4v) is 3.47. The number of anilines is 1. The monoisotopic (exact) mass is 433 g/mol. The Morgan fingerprint density at radius 3 is 2.67 bits per heavy atom. The third-order valence-corrected chi connectivity index (χ3v) is 5.14. The minimum Gasteiger partial charge on any atom is -0.486 e. The number of imide groups is 1. The summed E-state index contributed by atoms with van der Waals surface area (Å²) in [5.74, 6) is -1.06. The Labute approximate surface area is 175 Å². The number of halogens is 2. The average molecular weight is 434 g/mol. The van der Waals surface area contributed by atoms with Gasteiger partial charge in [-0.3, -0.25) is 14.5 Å². The molecule has 1 unspecified atom stereocenters. The number of hydrogen-bond acceptors (Lipinski definition) is 5. The highest BCUT2D eigenvalue weighted by Gasteiger charge is 2.49. The summed E-state index contributed by atoms with van der Waals surface area (Å²) in [5.41, 5.74) is -1.01. The predicted octanol–water partition coefficient (Wildman–Crippen LogP) is 2.66. The number of fused-ring (bicyclic) bond motifs is 1. The van der Waals surface area contributed by atoms with Crippen LogP contribution < -0.4 is 20.1 Å². The molecule has 10 heteroatoms. The quantitative estimate of drug-likeness (QED) is 0.722. The Kier molecular flexibility index (Phi) is 4.98. The molecule has 2 heterocycles. The number of ether oxygens (including phenoxy) is 2. The molecule has 0 saturated carbocycles. The summed E-state index contributed by atoms with van der Waals surface area (Å²) < 4.78 is 24.9. The van der Waals surface area contributed by atoms with Crippen molar-refractivity contribution in [1.29, 1.82) is 0 Å². The van der Waals surface area contributed by atoms with Crippen molar-refractivity contribution >= 4 is 35.1 Å². The number of carbonyl (C=O) groups excluding carboxylic acids is 3. The molecular weight excluding hydrogens is 417 g/mol. The first-order valence-corrected chi connectivity index (χ1v) is 9.45. The number of hydrogen-bond donors (Lipinski definition) is 2. The first kappa shape index (κ1) is 20.0. The van der Waals surface area contributed by atoms with Crippen molar-refractivity contribution in [3.8, 4) is 11.5 Å². The lowest BCUT2D eigenvalue weighted by molar-refractivity contribution is -0.133. The second-order valence-electron chi connectivity index (χ2n) is 6.98. The van der Waals surface area contributed by atoms with Gasteiger partial charge >= 0.3 is 6.03 Å². The van der Waals surface area contributed by atoms with Gasteiger partial charge in [0.2, 0.25) is 5.91 Å². The topological polar surface area (TPSA) is 97.0 Å². The van der Waals surface area contributed by atoms with Gasteiger partial charge in [-0.05, 0) is 42.8 Å². The molecule has 2 aromatic rings. The van der Waals surface area contributed by atoms with Gasteiger partial charge in [0.05, 0.1) is 5.69 Å². The van der Waals surface area contributed by atoms with Crippen molar-refractivity contribution in [3.05, 3.63) is 52.8 Å². The van der Waals surface area contributed by atoms with Crippen LogP contribution in [0.5, 0.6) is 11.5 Å². The van der Waals surface area contributed by atoms with E-state index in [1.165, 1.54) is 19.1 Å². The second kappa shape index (κ2) is 7.49. The summed E-state index contributed by atoms with van der Waals surface area (Å²) in [4.78, 5) is 38.5. The third kappa shape index (κ3) is 3.52. The second-order valence-corrected chi connectivity index (χ2v) is 7.41. The van der Waals surface area contributed by atoms with E-state index in [4.69, 9.17) is 21.1 Å². The fourth-order valence-electron chi connectivity index (χ4n) is 3.31. The van der Waals surface area contributed by atoms with Crippen LogP contribution in [0.2, 0.25) is 5.02 Å². The lowest BCUT2D eigenvalue weighted by Crippen LogP contribution is -2.42. The Morgan fingerprint density at radius 2 is 1.93 bits per heavy atom. The molecule has 8 nitrogen and oxygen atoms in total. The van der Waals surface area contributed by atoms with Gasteiger partial charge in [0.15, 0.2) is 11.5 Å². The number of carbonyl (C=O) groups is 3. The van der Waals surface area contributed by atoms with E-state index in [1.807, 2.05) is 0 Å². The molecule has 30 heavy (non-hydrogen) atoms. The molecule has 2 aliphatic heterocycles. The van der Waals surface area contributed by atoms with E-state index in [-0.39, 0.29) is 10.7 Å². The van der Waals surface area contributed by atoms with Crippen molar-refractivity contribution in [3.63, 3.8) is 0 Å². The molecule has 1 fully saturated rings. The van der Waals surface area contributed by atoms with E-state index in [0.29, 0.717) is 30.3 Å². The normalized spacial score (nSPS) is 20.2. The first-order valence-electron chi connectivity index (χ1n) is 9.07. The van der Waals surface area contributed by atoms with E-state index >= 15 is 0 Å². The lowest BCUT2D eigenvalue weighted by Gasteiger charge is -2.25. The van der Waals surface area contributed by atoms with Crippen LogP contribution in [0.25, 0.3) is 0 Å². The zero-order chi connectivity index (χ0) is 21.5. The molecule has 0 spiro atoms. The predicted molar refractivity (Wildman–Crippen MR) is 105 cm³/mol. The van der Waals surface area contributed by atoms with Crippen molar-refractivity contribution in [1.82, 2.24) is 10.2 Å². The maximum absolute atomic E-state index is 13.9. The molecule has 0 aromatic heterocycles. The fraction of sp³-hybridized carbons (Fsp3) is 0.250. The molecule has 0 bridgehead atoms. The largest absolute Gasteiger partial charge is 0.486 e. The molecule has 4 amide bonds. The summed E-state index contributed by atoms with van der Waals surface area (Å²) >= 11 is 5.69. The molecule has 4 rings (SSSR count). The molecule has 2 aliphatic rings. The van der Waals surface area contributed by atoms with Crippen LogP contribution in [0, 0.1) is 5.82 Å². The Bertz CT molecular complexity index is 1060. The number of urea groups is 1. The number of nitrogens with zero attached hydrogens (tertiary/aromatic N) is 1. The number of amides is 4. The first-order chi connectivity index (χ1) is 14.3. The number of nitrogens with one attached hydrogen (secondary N) is 2. The average Bonchev–Trinajstić information content (AvgIpc) is 2.94. The molecule has 1 saturated heterocycles. The van der Waals surface area contributed by atoms with Crippen LogP contribution in [-0.4, -0.2) is 42.5 Å². The zero-order valence-corrected chi connectivity index (χ0v) is 16.6. The van der Waals surface area contributed by atoms with Crippen LogP contribution in [-0.2, 0) is 15.1 Å². The Balaban J connectivity index is 1.51. The molecular formula is C20H17ClFN3O5. The smallest absolute Gasteiger partial charge is 0.325 e. The molecule has 0 aliphatic carbocycles. The molecule has 2 aromatic carbocycles. The van der Waals surface area contributed by atoms with Crippen LogP contribution in [0.4, 0.5) is 14.9 Å². The Morgan fingerprint density at radius 1 is 1.20 bits per heavy atom. The van der Waals surface area contributed by atoms with Crippen LogP contribution in [0.3, 0.4) is 0 Å². The minimum absolute atomic E-state index is 0.106. The maximum Gasteiger partial charge on any atom is 0.325 e. The molecule has 0 radical (unpaired) electrons. The Hall–Kier alpha value is -3.33. The van der Waals surface area contributed by atoms with Gasteiger partial charge in [-0.2, -0.15) is 0 Å². The minimum atomic E-state index is -1.39. The van der Waals surface area contributed by atoms with Gasteiger partial charge in [-0.1, -0.05) is 17.7 Å². The molecule has 2 N–H and O–H groups in total. The zero-order valence-electron chi connectivity index (χ0n) is 15.8. The highest BCUT2D eigenvalue weighted by Crippen LogP contribution is 2.36. The summed E-state index contributed by atoms with van der Waals surface area (Å²) in [7, 11) is 0. The standard InChI is InChI=1S/C20H17ClFN3O5/c1-20(11-2-5-15-16(8-11)30-7-6-29-15)18(27)25(19(28)24-20)10-17(26)23-14-4-3-12(21)9-13(14)22/h2-5,8-9H,6-7,10H2,1H3,(H,23,26)(H,24,28). The van der Waals surface area contributed by atoms with Crippen LogP contribution >= 0.6 is 11.6 Å². The molecule has 156 valence electrons. The van der Waals surface area contributed by atoms with Gasteiger partial charge in [-0.25, -0.2) is 9.18 Å².